The molecule has 0 atom stereocenters. The highest BCUT2D eigenvalue weighted by molar-refractivity contribution is 5.97. The summed E-state index contributed by atoms with van der Waals surface area (Å²) in [6.07, 6.45) is 1.59. The second kappa shape index (κ2) is 2.70. The van der Waals surface area contributed by atoms with E-state index >= 15 is 0 Å². The Labute approximate surface area is 64.6 Å². The average molecular weight is 150 g/mol. The summed E-state index contributed by atoms with van der Waals surface area (Å²) < 4.78 is 0. The third-order valence-electron chi connectivity index (χ3n) is 1.54. The predicted octanol–water partition coefficient (Wildman–Crippen LogP) is 1.07. The Hall–Kier alpha value is -1.38. The normalized spacial score (nSPS) is 9.64. The average Bonchev–Trinajstić information content (AvgIpc) is 1.85. The van der Waals surface area contributed by atoms with Crippen molar-refractivity contribution in [2.75, 3.05) is 0 Å². The van der Waals surface area contributed by atoms with Gasteiger partial charge in [-0.3, -0.25) is 4.79 Å². The Morgan fingerprint density at radius 1 is 1.64 bits per heavy atom. The van der Waals surface area contributed by atoms with Crippen molar-refractivity contribution in [1.82, 2.24) is 4.98 Å². The van der Waals surface area contributed by atoms with E-state index in [4.69, 9.17) is 5.41 Å². The fraction of sp³-hybridized carbons (Fsp3) is 0.250. The third kappa shape index (κ3) is 1.37. The molecule has 0 saturated carbocycles. The number of aryl methyl sites for hydroxylation is 1. The standard InChI is InChI=1S/C8H10N2O/c1-5-3-4-10-8(11)7(5)6(2)9/h3-4,9H,1-2H3,(H,10,11). The molecular weight excluding hydrogens is 140 g/mol. The maximum absolute atomic E-state index is 11.1. The van der Waals surface area contributed by atoms with Crippen LogP contribution < -0.4 is 5.56 Å². The summed E-state index contributed by atoms with van der Waals surface area (Å²) in [7, 11) is 0. The van der Waals surface area contributed by atoms with Gasteiger partial charge in [-0.15, -0.1) is 0 Å². The molecular formula is C8H10N2O. The molecule has 3 nitrogen and oxygen atoms in total. The van der Waals surface area contributed by atoms with E-state index in [1.165, 1.54) is 0 Å². The van der Waals surface area contributed by atoms with Crippen molar-refractivity contribution in [3.05, 3.63) is 33.7 Å². The predicted molar refractivity (Wildman–Crippen MR) is 44.3 cm³/mol. The Morgan fingerprint density at radius 3 is 2.64 bits per heavy atom. The first kappa shape index (κ1) is 7.72. The molecule has 11 heavy (non-hydrogen) atoms. The minimum Gasteiger partial charge on any atom is -0.329 e. The van der Waals surface area contributed by atoms with Crippen LogP contribution in [0.15, 0.2) is 17.1 Å². The molecule has 58 valence electrons. The fourth-order valence-corrected chi connectivity index (χ4v) is 1.04. The van der Waals surface area contributed by atoms with Gasteiger partial charge < -0.3 is 10.4 Å². The molecule has 0 fully saturated rings. The van der Waals surface area contributed by atoms with Gasteiger partial charge >= 0.3 is 0 Å². The summed E-state index contributed by atoms with van der Waals surface area (Å²) in [5.74, 6) is 0. The SMILES string of the molecule is CC(=N)c1c(C)cc[nH]c1=O. The maximum Gasteiger partial charge on any atom is 0.257 e. The summed E-state index contributed by atoms with van der Waals surface area (Å²) in [6.45, 7) is 3.43. The van der Waals surface area contributed by atoms with Crippen LogP contribution in [0.3, 0.4) is 0 Å². The van der Waals surface area contributed by atoms with Crippen molar-refractivity contribution < 1.29 is 0 Å². The van der Waals surface area contributed by atoms with Crippen LogP contribution in [0.4, 0.5) is 0 Å². The number of nitrogens with one attached hydrogen (secondary N) is 2. The highest BCUT2D eigenvalue weighted by atomic mass is 16.1. The van der Waals surface area contributed by atoms with Crippen molar-refractivity contribution in [1.29, 1.82) is 5.41 Å². The van der Waals surface area contributed by atoms with Crippen LogP contribution in [-0.2, 0) is 0 Å². The van der Waals surface area contributed by atoms with Gasteiger partial charge in [0.25, 0.3) is 5.56 Å². The van der Waals surface area contributed by atoms with Gasteiger partial charge in [-0.05, 0) is 25.5 Å². The monoisotopic (exact) mass is 150 g/mol. The molecule has 2 N–H and O–H groups in total. The van der Waals surface area contributed by atoms with Gasteiger partial charge in [-0.1, -0.05) is 0 Å². The number of hydrogen-bond acceptors (Lipinski definition) is 2. The highest BCUT2D eigenvalue weighted by Crippen LogP contribution is 1.99. The van der Waals surface area contributed by atoms with Crippen molar-refractivity contribution in [3.63, 3.8) is 0 Å². The van der Waals surface area contributed by atoms with Gasteiger partial charge in [0.05, 0.1) is 5.56 Å². The molecule has 0 unspecified atom stereocenters. The van der Waals surface area contributed by atoms with Crippen LogP contribution in [0.25, 0.3) is 0 Å². The number of hydrogen-bond donors (Lipinski definition) is 2. The second-order valence-corrected chi connectivity index (χ2v) is 2.49. The summed E-state index contributed by atoms with van der Waals surface area (Å²) >= 11 is 0. The highest BCUT2D eigenvalue weighted by Gasteiger charge is 2.03. The minimum absolute atomic E-state index is 0.183. The maximum atomic E-state index is 11.1. The number of aromatic nitrogens is 1. The van der Waals surface area contributed by atoms with Crippen molar-refractivity contribution >= 4 is 5.71 Å². The van der Waals surface area contributed by atoms with E-state index in [-0.39, 0.29) is 5.56 Å². The van der Waals surface area contributed by atoms with Crippen LogP contribution in [-0.4, -0.2) is 10.7 Å². The van der Waals surface area contributed by atoms with Crippen LogP contribution in [0.1, 0.15) is 18.1 Å². The number of H-pyrrole nitrogens is 1. The molecule has 1 heterocycles. The molecule has 1 aromatic rings. The van der Waals surface area contributed by atoms with Crippen LogP contribution in [0, 0.1) is 12.3 Å². The molecule has 1 rings (SSSR count). The quantitative estimate of drug-likeness (QED) is 0.578. The van der Waals surface area contributed by atoms with E-state index < -0.39 is 0 Å². The Kier molecular flexibility index (Phi) is 1.89. The van der Waals surface area contributed by atoms with Gasteiger partial charge in [-0.2, -0.15) is 0 Å². The zero-order valence-electron chi connectivity index (χ0n) is 6.56. The first-order valence-corrected chi connectivity index (χ1v) is 3.36. The molecule has 3 heteroatoms. The molecule has 0 aliphatic rings. The summed E-state index contributed by atoms with van der Waals surface area (Å²) in [5, 5.41) is 7.30. The smallest absolute Gasteiger partial charge is 0.257 e. The van der Waals surface area contributed by atoms with E-state index in [9.17, 15) is 4.79 Å². The van der Waals surface area contributed by atoms with E-state index in [0.29, 0.717) is 11.3 Å². The molecule has 1 aromatic heterocycles. The lowest BCUT2D eigenvalue weighted by molar-refractivity contribution is 1.18. The van der Waals surface area contributed by atoms with E-state index in [1.807, 2.05) is 6.92 Å². The summed E-state index contributed by atoms with van der Waals surface area (Å²) in [4.78, 5) is 13.6. The zero-order chi connectivity index (χ0) is 8.43. The Bertz CT molecular complexity index is 338. The van der Waals surface area contributed by atoms with E-state index in [2.05, 4.69) is 4.98 Å². The lowest BCUT2D eigenvalue weighted by Gasteiger charge is -1.99. The molecule has 0 amide bonds. The van der Waals surface area contributed by atoms with Crippen molar-refractivity contribution in [3.8, 4) is 0 Å². The Morgan fingerprint density at radius 2 is 2.27 bits per heavy atom. The topological polar surface area (TPSA) is 56.7 Å². The largest absolute Gasteiger partial charge is 0.329 e. The molecule has 0 bridgehead atoms. The van der Waals surface area contributed by atoms with Crippen LogP contribution >= 0.6 is 0 Å². The lowest BCUT2D eigenvalue weighted by atomic mass is 10.1. The van der Waals surface area contributed by atoms with Gasteiger partial charge in [-0.25, -0.2) is 0 Å². The summed E-state index contributed by atoms with van der Waals surface area (Å²) in [5.41, 5.74) is 1.45. The second-order valence-electron chi connectivity index (χ2n) is 2.49. The van der Waals surface area contributed by atoms with Gasteiger partial charge in [0.15, 0.2) is 0 Å². The lowest BCUT2D eigenvalue weighted by Crippen LogP contribution is -2.16. The molecule has 0 spiro atoms. The van der Waals surface area contributed by atoms with Gasteiger partial charge in [0.2, 0.25) is 0 Å². The minimum atomic E-state index is -0.183. The Balaban J connectivity index is 3.45. The fourth-order valence-electron chi connectivity index (χ4n) is 1.04. The van der Waals surface area contributed by atoms with E-state index in [0.717, 1.165) is 5.56 Å². The first-order chi connectivity index (χ1) is 5.13. The van der Waals surface area contributed by atoms with Gasteiger partial charge in [0, 0.05) is 11.9 Å². The molecule has 0 aromatic carbocycles. The first-order valence-electron chi connectivity index (χ1n) is 3.36. The van der Waals surface area contributed by atoms with Crippen LogP contribution in [0.2, 0.25) is 0 Å². The molecule has 0 aliphatic heterocycles. The van der Waals surface area contributed by atoms with Gasteiger partial charge in [0.1, 0.15) is 0 Å². The molecule has 0 aliphatic carbocycles. The van der Waals surface area contributed by atoms with E-state index in [1.54, 1.807) is 19.2 Å². The molecule has 0 radical (unpaired) electrons. The number of aromatic amines is 1. The van der Waals surface area contributed by atoms with Crippen molar-refractivity contribution in [2.24, 2.45) is 0 Å². The number of pyridine rings is 1. The number of rotatable bonds is 1. The van der Waals surface area contributed by atoms with Crippen LogP contribution in [0.5, 0.6) is 0 Å². The third-order valence-corrected chi connectivity index (χ3v) is 1.54. The summed E-state index contributed by atoms with van der Waals surface area (Å²) in [6, 6.07) is 1.79. The molecule has 0 saturated heterocycles. The van der Waals surface area contributed by atoms with Crippen molar-refractivity contribution in [2.45, 2.75) is 13.8 Å². The zero-order valence-corrected chi connectivity index (χ0v) is 6.56.